The minimum Gasteiger partial charge on any atom is -0.493 e. The minimum atomic E-state index is -0.578. The topological polar surface area (TPSA) is 39.4 Å². The lowest BCUT2D eigenvalue weighted by atomic mass is 10.1. The second-order valence-corrected chi connectivity index (χ2v) is 3.88. The van der Waals surface area contributed by atoms with Gasteiger partial charge >= 0.3 is 0 Å². The van der Waals surface area contributed by atoms with E-state index < -0.39 is 5.82 Å². The number of hydrogen-bond acceptors (Lipinski definition) is 3. The Morgan fingerprint density at radius 1 is 1.17 bits per heavy atom. The van der Waals surface area contributed by atoms with Crippen LogP contribution in [-0.4, -0.2) is 7.11 Å². The highest BCUT2D eigenvalue weighted by Gasteiger charge is 2.13. The molecule has 0 aliphatic heterocycles. The maximum Gasteiger partial charge on any atom is 0.203 e. The summed E-state index contributed by atoms with van der Waals surface area (Å²) in [5.74, 6) is -0.123. The lowest BCUT2D eigenvalue weighted by Crippen LogP contribution is -2.04. The summed E-state index contributed by atoms with van der Waals surface area (Å²) in [6, 6.07) is 9.26. The number of benzene rings is 2. The zero-order chi connectivity index (χ0) is 12.7. The molecule has 3 aromatic rings. The van der Waals surface area contributed by atoms with Crippen LogP contribution in [0, 0.1) is 5.82 Å². The Kier molecular flexibility index (Phi) is 2.30. The van der Waals surface area contributed by atoms with Crippen molar-refractivity contribution in [2.75, 3.05) is 7.11 Å². The maximum atomic E-state index is 13.7. The molecule has 1 aromatic heterocycles. The van der Waals surface area contributed by atoms with Crippen LogP contribution in [0.5, 0.6) is 5.75 Å². The van der Waals surface area contributed by atoms with E-state index in [9.17, 15) is 9.18 Å². The summed E-state index contributed by atoms with van der Waals surface area (Å²) in [5, 5.41) is 0.283. The van der Waals surface area contributed by atoms with E-state index >= 15 is 0 Å². The Labute approximate surface area is 101 Å². The molecule has 0 aliphatic carbocycles. The average molecular weight is 244 g/mol. The Balaban J connectivity index is 2.61. The van der Waals surface area contributed by atoms with E-state index in [-0.39, 0.29) is 16.4 Å². The van der Waals surface area contributed by atoms with E-state index in [0.29, 0.717) is 16.7 Å². The van der Waals surface area contributed by atoms with Gasteiger partial charge in [0.05, 0.1) is 12.5 Å². The van der Waals surface area contributed by atoms with Gasteiger partial charge in [0.25, 0.3) is 0 Å². The van der Waals surface area contributed by atoms with Crippen LogP contribution in [0.15, 0.2) is 45.6 Å². The molecule has 2 aromatic carbocycles. The number of para-hydroxylation sites is 1. The largest absolute Gasteiger partial charge is 0.493 e. The Morgan fingerprint density at radius 2 is 1.94 bits per heavy atom. The number of methoxy groups -OCH3 is 1. The normalized spacial score (nSPS) is 11.0. The molecule has 0 saturated carbocycles. The highest BCUT2D eigenvalue weighted by atomic mass is 19.1. The fourth-order valence-corrected chi connectivity index (χ4v) is 2.02. The molecular weight excluding hydrogens is 235 g/mol. The van der Waals surface area contributed by atoms with E-state index in [2.05, 4.69) is 0 Å². The Hall–Kier alpha value is -2.36. The second-order valence-electron chi connectivity index (χ2n) is 3.88. The van der Waals surface area contributed by atoms with Gasteiger partial charge in [-0.1, -0.05) is 12.1 Å². The quantitative estimate of drug-likeness (QED) is 0.617. The van der Waals surface area contributed by atoms with Gasteiger partial charge in [-0.3, -0.25) is 4.79 Å². The fourth-order valence-electron chi connectivity index (χ4n) is 2.02. The van der Waals surface area contributed by atoms with Crippen LogP contribution in [0.3, 0.4) is 0 Å². The summed E-state index contributed by atoms with van der Waals surface area (Å²) in [7, 11) is 1.49. The van der Waals surface area contributed by atoms with Crippen molar-refractivity contribution in [2.45, 2.75) is 0 Å². The smallest absolute Gasteiger partial charge is 0.203 e. The number of rotatable bonds is 1. The standard InChI is InChI=1S/C14H9FO3/c1-17-11-7-2-4-8-13(16)12-9(15)5-3-6-10(12)18-14(8)11/h2-7H,1H3. The third-order valence-electron chi connectivity index (χ3n) is 2.86. The molecule has 0 saturated heterocycles. The lowest BCUT2D eigenvalue weighted by Gasteiger charge is -2.05. The summed E-state index contributed by atoms with van der Waals surface area (Å²) in [4.78, 5) is 12.2. The predicted molar refractivity (Wildman–Crippen MR) is 66.5 cm³/mol. The van der Waals surface area contributed by atoms with Crippen LogP contribution < -0.4 is 10.2 Å². The van der Waals surface area contributed by atoms with E-state index in [0.717, 1.165) is 0 Å². The first kappa shape index (κ1) is 10.8. The van der Waals surface area contributed by atoms with Gasteiger partial charge in [0, 0.05) is 0 Å². The Bertz CT molecular complexity index is 805. The highest BCUT2D eigenvalue weighted by Crippen LogP contribution is 2.27. The summed E-state index contributed by atoms with van der Waals surface area (Å²) < 4.78 is 24.4. The van der Waals surface area contributed by atoms with Crippen LogP contribution in [0.1, 0.15) is 0 Å². The second kappa shape index (κ2) is 3.84. The van der Waals surface area contributed by atoms with Crippen molar-refractivity contribution in [2.24, 2.45) is 0 Å². The molecule has 0 radical (unpaired) electrons. The summed E-state index contributed by atoms with van der Waals surface area (Å²) in [5.41, 5.74) is 0.170. The van der Waals surface area contributed by atoms with E-state index in [4.69, 9.17) is 9.15 Å². The molecule has 3 rings (SSSR count). The van der Waals surface area contributed by atoms with Crippen LogP contribution in [0.4, 0.5) is 4.39 Å². The first-order chi connectivity index (χ1) is 8.72. The number of hydrogen-bond donors (Lipinski definition) is 0. The van der Waals surface area contributed by atoms with Crippen molar-refractivity contribution in [3.63, 3.8) is 0 Å². The molecule has 0 aliphatic rings. The third kappa shape index (κ3) is 1.39. The fraction of sp³-hybridized carbons (Fsp3) is 0.0714. The van der Waals surface area contributed by atoms with Gasteiger partial charge in [-0.25, -0.2) is 4.39 Å². The van der Waals surface area contributed by atoms with Gasteiger partial charge in [-0.05, 0) is 24.3 Å². The first-order valence-corrected chi connectivity index (χ1v) is 5.40. The van der Waals surface area contributed by atoms with Gasteiger partial charge in [-0.15, -0.1) is 0 Å². The van der Waals surface area contributed by atoms with Crippen molar-refractivity contribution in [1.82, 2.24) is 0 Å². The number of halogens is 1. The monoisotopic (exact) mass is 244 g/mol. The SMILES string of the molecule is COc1cccc2c(=O)c3c(F)cccc3oc12. The zero-order valence-electron chi connectivity index (χ0n) is 9.57. The molecule has 0 amide bonds. The molecule has 90 valence electrons. The van der Waals surface area contributed by atoms with E-state index in [1.165, 1.54) is 19.2 Å². The number of ether oxygens (including phenoxy) is 1. The lowest BCUT2D eigenvalue weighted by molar-refractivity contribution is 0.411. The molecule has 1 heterocycles. The summed E-state index contributed by atoms with van der Waals surface area (Å²) in [6.45, 7) is 0. The van der Waals surface area contributed by atoms with Crippen molar-refractivity contribution >= 4 is 21.9 Å². The molecule has 0 bridgehead atoms. The van der Waals surface area contributed by atoms with Crippen molar-refractivity contribution < 1.29 is 13.5 Å². The third-order valence-corrected chi connectivity index (χ3v) is 2.86. The molecule has 0 spiro atoms. The van der Waals surface area contributed by atoms with Crippen molar-refractivity contribution in [3.05, 3.63) is 52.4 Å². The molecular formula is C14H9FO3. The minimum absolute atomic E-state index is 0.0294. The molecule has 0 unspecified atom stereocenters. The predicted octanol–water partition coefficient (Wildman–Crippen LogP) is 3.09. The van der Waals surface area contributed by atoms with Gasteiger partial charge in [0.2, 0.25) is 5.43 Å². The van der Waals surface area contributed by atoms with E-state index in [1.54, 1.807) is 24.3 Å². The highest BCUT2D eigenvalue weighted by molar-refractivity contribution is 5.92. The molecule has 3 nitrogen and oxygen atoms in total. The van der Waals surface area contributed by atoms with Crippen LogP contribution in [-0.2, 0) is 0 Å². The Morgan fingerprint density at radius 3 is 2.72 bits per heavy atom. The zero-order valence-corrected chi connectivity index (χ0v) is 9.57. The van der Waals surface area contributed by atoms with Crippen LogP contribution >= 0.6 is 0 Å². The van der Waals surface area contributed by atoms with Gasteiger partial charge in [-0.2, -0.15) is 0 Å². The average Bonchev–Trinajstić information content (AvgIpc) is 2.38. The van der Waals surface area contributed by atoms with E-state index in [1.807, 2.05) is 0 Å². The van der Waals surface area contributed by atoms with Gasteiger partial charge in [0.1, 0.15) is 16.8 Å². The molecule has 0 fully saturated rings. The maximum absolute atomic E-state index is 13.7. The van der Waals surface area contributed by atoms with Crippen LogP contribution in [0.25, 0.3) is 21.9 Å². The van der Waals surface area contributed by atoms with Gasteiger partial charge < -0.3 is 9.15 Å². The summed E-state index contributed by atoms with van der Waals surface area (Å²) in [6.07, 6.45) is 0. The first-order valence-electron chi connectivity index (χ1n) is 5.40. The van der Waals surface area contributed by atoms with Crippen LogP contribution in [0.2, 0.25) is 0 Å². The van der Waals surface area contributed by atoms with Crippen molar-refractivity contribution in [3.8, 4) is 5.75 Å². The molecule has 18 heavy (non-hydrogen) atoms. The molecule has 0 atom stereocenters. The number of fused-ring (bicyclic) bond motifs is 2. The molecule has 4 heteroatoms. The summed E-state index contributed by atoms with van der Waals surface area (Å²) >= 11 is 0. The van der Waals surface area contributed by atoms with Crippen molar-refractivity contribution in [1.29, 1.82) is 0 Å². The molecule has 0 N–H and O–H groups in total. The van der Waals surface area contributed by atoms with Gasteiger partial charge in [0.15, 0.2) is 11.3 Å².